The third kappa shape index (κ3) is 4.08. The van der Waals surface area contributed by atoms with Gasteiger partial charge < -0.3 is 26.4 Å². The highest BCUT2D eigenvalue weighted by Crippen LogP contribution is 2.30. The molecule has 10 nitrogen and oxygen atoms in total. The Morgan fingerprint density at radius 3 is 2.87 bits per heavy atom. The number of hydrogen-bond acceptors (Lipinski definition) is 9. The maximum atomic E-state index is 13.4. The zero-order valence-corrected chi connectivity index (χ0v) is 16.2. The number of rotatable bonds is 6. The summed E-state index contributed by atoms with van der Waals surface area (Å²) in [5.41, 5.74) is 6.28. The molecule has 1 saturated heterocycles. The highest BCUT2D eigenvalue weighted by atomic mass is 19.2. The third-order valence-corrected chi connectivity index (χ3v) is 4.64. The Morgan fingerprint density at radius 2 is 2.13 bits per heavy atom. The molecule has 5 N–H and O–H groups in total. The van der Waals surface area contributed by atoms with Crippen LogP contribution in [0.25, 0.3) is 5.82 Å². The second-order valence-electron chi connectivity index (χ2n) is 6.73. The summed E-state index contributed by atoms with van der Waals surface area (Å²) in [6, 6.07) is 3.57. The van der Waals surface area contributed by atoms with Crippen molar-refractivity contribution in [2.75, 3.05) is 36.6 Å². The van der Waals surface area contributed by atoms with Gasteiger partial charge in [-0.3, -0.25) is 0 Å². The summed E-state index contributed by atoms with van der Waals surface area (Å²) < 4.78 is 33.4. The van der Waals surface area contributed by atoms with Crippen LogP contribution < -0.4 is 26.4 Å². The van der Waals surface area contributed by atoms with Crippen LogP contribution in [0.4, 0.5) is 32.2 Å². The van der Waals surface area contributed by atoms with E-state index in [1.807, 2.05) is 0 Å². The molecule has 158 valence electrons. The van der Waals surface area contributed by atoms with E-state index in [1.54, 1.807) is 0 Å². The molecule has 12 heteroatoms. The normalized spacial score (nSPS) is 16.3. The van der Waals surface area contributed by atoms with Gasteiger partial charge in [-0.2, -0.15) is 9.67 Å². The zero-order chi connectivity index (χ0) is 21.1. The van der Waals surface area contributed by atoms with Crippen molar-refractivity contribution in [1.82, 2.24) is 30.0 Å². The van der Waals surface area contributed by atoms with Crippen molar-refractivity contribution in [3.63, 3.8) is 0 Å². The largest absolute Gasteiger partial charge is 0.490 e. The zero-order valence-electron chi connectivity index (χ0n) is 16.2. The monoisotopic (exact) mass is 417 g/mol. The maximum Gasteiger partial charge on any atom is 0.248 e. The molecule has 2 aromatic heterocycles. The summed E-state index contributed by atoms with van der Waals surface area (Å²) in [6.45, 7) is 1.81. The number of benzene rings is 1. The maximum absolute atomic E-state index is 13.4. The molecule has 1 aliphatic heterocycles. The van der Waals surface area contributed by atoms with E-state index in [1.165, 1.54) is 24.2 Å². The van der Waals surface area contributed by atoms with Crippen molar-refractivity contribution in [3.05, 3.63) is 36.2 Å². The van der Waals surface area contributed by atoms with Crippen molar-refractivity contribution in [2.24, 2.45) is 0 Å². The van der Waals surface area contributed by atoms with E-state index in [0.29, 0.717) is 17.4 Å². The molecule has 3 aromatic rings. The van der Waals surface area contributed by atoms with Gasteiger partial charge in [0, 0.05) is 24.3 Å². The summed E-state index contributed by atoms with van der Waals surface area (Å²) in [7, 11) is 1.50. The first-order valence-corrected chi connectivity index (χ1v) is 9.36. The van der Waals surface area contributed by atoms with Crippen molar-refractivity contribution >= 4 is 23.4 Å². The lowest BCUT2D eigenvalue weighted by Crippen LogP contribution is -2.38. The van der Waals surface area contributed by atoms with Crippen LogP contribution in [0.2, 0.25) is 0 Å². The van der Waals surface area contributed by atoms with Gasteiger partial charge in [0.1, 0.15) is 6.33 Å². The standard InChI is InChI=1S/C18H21F2N9O/c1-30-14-15(25-11-3-2-6-22-8-11)23-9-24-16(14)29-17(21)27-18(28-29)26-10-4-5-12(19)13(20)7-10/h4-5,7,9,11,22H,2-3,6,8H2,1H3,(H,23,24,25)(H3,21,26,27,28)/t11-/m0/s1. The second kappa shape index (κ2) is 8.45. The first-order valence-electron chi connectivity index (χ1n) is 9.36. The molecule has 0 saturated carbocycles. The lowest BCUT2D eigenvalue weighted by atomic mass is 10.1. The molecule has 30 heavy (non-hydrogen) atoms. The average molecular weight is 417 g/mol. The van der Waals surface area contributed by atoms with Crippen molar-refractivity contribution in [3.8, 4) is 11.6 Å². The van der Waals surface area contributed by atoms with E-state index in [0.717, 1.165) is 38.1 Å². The Kier molecular flexibility index (Phi) is 5.57. The van der Waals surface area contributed by atoms with E-state index < -0.39 is 11.6 Å². The van der Waals surface area contributed by atoms with Crippen molar-refractivity contribution in [1.29, 1.82) is 0 Å². The number of hydrogen-bond donors (Lipinski definition) is 4. The quantitative estimate of drug-likeness (QED) is 0.475. The topological polar surface area (TPSA) is 128 Å². The highest BCUT2D eigenvalue weighted by molar-refractivity contribution is 5.61. The SMILES string of the molecule is COc1c(N[C@H]2CCCNC2)ncnc1-n1nc(Nc2ccc(F)c(F)c2)nc1N. The van der Waals surface area contributed by atoms with E-state index in [4.69, 9.17) is 10.5 Å². The number of methoxy groups -OCH3 is 1. The third-order valence-electron chi connectivity index (χ3n) is 4.64. The number of halogens is 2. The first kappa shape index (κ1) is 19.8. The van der Waals surface area contributed by atoms with Gasteiger partial charge in [0.2, 0.25) is 23.5 Å². The fourth-order valence-electron chi connectivity index (χ4n) is 3.21. The van der Waals surface area contributed by atoms with Gasteiger partial charge in [-0.05, 0) is 31.5 Å². The minimum Gasteiger partial charge on any atom is -0.490 e. The summed E-state index contributed by atoms with van der Waals surface area (Å²) in [6.07, 6.45) is 3.44. The van der Waals surface area contributed by atoms with Crippen LogP contribution in [-0.2, 0) is 0 Å². The highest BCUT2D eigenvalue weighted by Gasteiger charge is 2.21. The molecular weight excluding hydrogens is 396 g/mol. The van der Waals surface area contributed by atoms with Crippen LogP contribution in [0.1, 0.15) is 12.8 Å². The molecule has 1 fully saturated rings. The number of ether oxygens (including phenoxy) is 1. The van der Waals surface area contributed by atoms with Crippen LogP contribution >= 0.6 is 0 Å². The minimum absolute atomic E-state index is 0.0300. The Bertz CT molecular complexity index is 1040. The molecule has 0 amide bonds. The Balaban J connectivity index is 1.61. The van der Waals surface area contributed by atoms with Crippen LogP contribution in [-0.4, -0.2) is 51.0 Å². The Hall–Kier alpha value is -3.54. The number of nitrogen functional groups attached to an aromatic ring is 1. The molecule has 0 unspecified atom stereocenters. The molecule has 3 heterocycles. The summed E-state index contributed by atoms with van der Waals surface area (Å²) in [4.78, 5) is 12.6. The van der Waals surface area contributed by atoms with Crippen molar-refractivity contribution < 1.29 is 13.5 Å². The fourth-order valence-corrected chi connectivity index (χ4v) is 3.21. The van der Waals surface area contributed by atoms with E-state index in [2.05, 4.69) is 36.0 Å². The number of nitrogens with zero attached hydrogens (tertiary/aromatic N) is 5. The number of nitrogens with two attached hydrogens (primary N) is 1. The smallest absolute Gasteiger partial charge is 0.248 e. The molecule has 1 aliphatic rings. The number of piperidine rings is 1. The van der Waals surface area contributed by atoms with Crippen LogP contribution in [0, 0.1) is 11.6 Å². The predicted molar refractivity (Wildman–Crippen MR) is 107 cm³/mol. The lowest BCUT2D eigenvalue weighted by Gasteiger charge is -2.25. The second-order valence-corrected chi connectivity index (χ2v) is 6.73. The fraction of sp³-hybridized carbons (Fsp3) is 0.333. The molecule has 1 atom stereocenters. The van der Waals surface area contributed by atoms with Gasteiger partial charge in [-0.25, -0.2) is 18.7 Å². The van der Waals surface area contributed by atoms with Crippen LogP contribution in [0.3, 0.4) is 0 Å². The molecular formula is C18H21F2N9O. The average Bonchev–Trinajstić information content (AvgIpc) is 3.11. The van der Waals surface area contributed by atoms with E-state index in [9.17, 15) is 8.78 Å². The number of aromatic nitrogens is 5. The van der Waals surface area contributed by atoms with Gasteiger partial charge in [0.25, 0.3) is 0 Å². The van der Waals surface area contributed by atoms with Crippen molar-refractivity contribution in [2.45, 2.75) is 18.9 Å². The van der Waals surface area contributed by atoms with Gasteiger partial charge >= 0.3 is 0 Å². The van der Waals surface area contributed by atoms with Gasteiger partial charge in [0.05, 0.1) is 7.11 Å². The van der Waals surface area contributed by atoms with E-state index >= 15 is 0 Å². The van der Waals surface area contributed by atoms with Crippen LogP contribution in [0.15, 0.2) is 24.5 Å². The van der Waals surface area contributed by atoms with Crippen LogP contribution in [0.5, 0.6) is 5.75 Å². The molecule has 0 spiro atoms. The van der Waals surface area contributed by atoms with Gasteiger partial charge in [-0.15, -0.1) is 5.10 Å². The number of anilines is 4. The molecule has 4 rings (SSSR count). The predicted octanol–water partition coefficient (Wildman–Crippen LogP) is 1.83. The Labute approximate surface area is 170 Å². The Morgan fingerprint density at radius 1 is 1.27 bits per heavy atom. The summed E-state index contributed by atoms with van der Waals surface area (Å²) in [5, 5.41) is 13.7. The summed E-state index contributed by atoms with van der Waals surface area (Å²) in [5.74, 6) is -0.648. The van der Waals surface area contributed by atoms with E-state index in [-0.39, 0.29) is 23.6 Å². The molecule has 1 aromatic carbocycles. The number of nitrogens with one attached hydrogen (secondary N) is 3. The minimum atomic E-state index is -0.988. The molecule has 0 radical (unpaired) electrons. The lowest BCUT2D eigenvalue weighted by molar-refractivity contribution is 0.406. The summed E-state index contributed by atoms with van der Waals surface area (Å²) >= 11 is 0. The van der Waals surface area contributed by atoms with Gasteiger partial charge in [-0.1, -0.05) is 0 Å². The molecule has 0 bridgehead atoms. The molecule has 0 aliphatic carbocycles. The van der Waals surface area contributed by atoms with Gasteiger partial charge in [0.15, 0.2) is 17.5 Å². The first-order chi connectivity index (χ1) is 14.5.